The molecule has 0 spiro atoms. The monoisotopic (exact) mass is 348 g/mol. The molecule has 0 radical (unpaired) electrons. The second-order valence-corrected chi connectivity index (χ2v) is 6.29. The molecular formula is C17H24N4O4. The van der Waals surface area contributed by atoms with Crippen molar-refractivity contribution in [2.45, 2.75) is 40.0 Å². The van der Waals surface area contributed by atoms with Gasteiger partial charge < -0.3 is 0 Å². The Bertz CT molecular complexity index is 656. The molecule has 1 aromatic carbocycles. The zero-order valence-electron chi connectivity index (χ0n) is 14.7. The first kappa shape index (κ1) is 20.3. The van der Waals surface area contributed by atoms with Crippen molar-refractivity contribution in [3.63, 3.8) is 0 Å². The van der Waals surface area contributed by atoms with E-state index in [2.05, 4.69) is 31.3 Å². The van der Waals surface area contributed by atoms with Gasteiger partial charge in [0.2, 0.25) is 0 Å². The molecular weight excluding hydrogens is 324 g/mol. The van der Waals surface area contributed by atoms with Crippen molar-refractivity contribution in [3.8, 4) is 0 Å². The molecule has 25 heavy (non-hydrogen) atoms. The van der Waals surface area contributed by atoms with Crippen LogP contribution in [-0.4, -0.2) is 16.1 Å². The number of allylic oxidation sites excluding steroid dienone is 2. The zero-order valence-corrected chi connectivity index (χ0v) is 14.7. The molecule has 1 aromatic rings. The lowest BCUT2D eigenvalue weighted by Crippen LogP contribution is -1.98. The standard InChI is InChI=1S/C17H24N4O4/c1-13(2)6-4-7-14(3)8-5-11-18-19-16-10-9-15(20(22)23)12-17(16)21(24)25/h5,8-14,19H,4,6-7H2,1-3H3/b8-5+,18-11+/t14-/m0/s1. The van der Waals surface area contributed by atoms with Crippen LogP contribution in [0.3, 0.4) is 0 Å². The van der Waals surface area contributed by atoms with Crippen LogP contribution in [-0.2, 0) is 0 Å². The summed E-state index contributed by atoms with van der Waals surface area (Å²) in [6, 6.07) is 3.37. The number of hydrogen-bond donors (Lipinski definition) is 1. The van der Waals surface area contributed by atoms with E-state index in [1.54, 1.807) is 6.08 Å². The van der Waals surface area contributed by atoms with Crippen LogP contribution in [0.5, 0.6) is 0 Å². The van der Waals surface area contributed by atoms with E-state index in [1.165, 1.54) is 31.2 Å². The molecule has 0 saturated carbocycles. The Morgan fingerprint density at radius 1 is 1.16 bits per heavy atom. The summed E-state index contributed by atoms with van der Waals surface area (Å²) in [7, 11) is 0. The molecule has 0 aliphatic carbocycles. The van der Waals surface area contributed by atoms with Crippen molar-refractivity contribution < 1.29 is 9.85 Å². The normalized spacial score (nSPS) is 12.8. The van der Waals surface area contributed by atoms with E-state index in [9.17, 15) is 20.2 Å². The van der Waals surface area contributed by atoms with Gasteiger partial charge in [-0.15, -0.1) is 0 Å². The second kappa shape index (κ2) is 10.2. The van der Waals surface area contributed by atoms with E-state index < -0.39 is 15.5 Å². The average molecular weight is 348 g/mol. The minimum absolute atomic E-state index is 0.102. The predicted molar refractivity (Wildman–Crippen MR) is 98.9 cm³/mol. The highest BCUT2D eigenvalue weighted by atomic mass is 16.6. The van der Waals surface area contributed by atoms with Crippen molar-refractivity contribution >= 4 is 23.3 Å². The van der Waals surface area contributed by atoms with Gasteiger partial charge in [-0.3, -0.25) is 25.7 Å². The maximum atomic E-state index is 11.0. The molecule has 0 amide bonds. The lowest BCUT2D eigenvalue weighted by molar-refractivity contribution is -0.393. The van der Waals surface area contributed by atoms with Gasteiger partial charge in [0.25, 0.3) is 5.69 Å². The molecule has 0 bridgehead atoms. The number of rotatable bonds is 10. The van der Waals surface area contributed by atoms with Crippen LogP contribution >= 0.6 is 0 Å². The van der Waals surface area contributed by atoms with E-state index in [0.29, 0.717) is 11.8 Å². The first-order valence-electron chi connectivity index (χ1n) is 8.20. The summed E-state index contributed by atoms with van der Waals surface area (Å²) in [6.45, 7) is 6.53. The smallest absolute Gasteiger partial charge is 0.272 e. The summed E-state index contributed by atoms with van der Waals surface area (Å²) in [5, 5.41) is 25.6. The Hall–Kier alpha value is -2.77. The van der Waals surface area contributed by atoms with E-state index >= 15 is 0 Å². The van der Waals surface area contributed by atoms with Crippen LogP contribution in [0.2, 0.25) is 0 Å². The Morgan fingerprint density at radius 2 is 1.88 bits per heavy atom. The van der Waals surface area contributed by atoms with Gasteiger partial charge in [0.15, 0.2) is 0 Å². The number of benzene rings is 1. The highest BCUT2D eigenvalue weighted by molar-refractivity contribution is 5.73. The largest absolute Gasteiger partial charge is 0.301 e. The van der Waals surface area contributed by atoms with Gasteiger partial charge in [-0.25, -0.2) is 0 Å². The van der Waals surface area contributed by atoms with Crippen LogP contribution in [0.15, 0.2) is 35.5 Å². The van der Waals surface area contributed by atoms with E-state index in [-0.39, 0.29) is 11.4 Å². The van der Waals surface area contributed by atoms with Crippen molar-refractivity contribution in [2.75, 3.05) is 5.43 Å². The van der Waals surface area contributed by atoms with E-state index in [4.69, 9.17) is 0 Å². The summed E-state index contributed by atoms with van der Waals surface area (Å²) in [6.07, 6.45) is 8.79. The SMILES string of the molecule is CC(C)CCC[C@H](C)/C=C/C=N/Nc1ccc([N+](=O)[O-])cc1[N+](=O)[O-]. The number of nitrogens with one attached hydrogen (secondary N) is 1. The summed E-state index contributed by atoms with van der Waals surface area (Å²) in [5.74, 6) is 1.14. The molecule has 1 rings (SSSR count). The maximum Gasteiger partial charge on any atom is 0.301 e. The van der Waals surface area contributed by atoms with Crippen LogP contribution in [0, 0.1) is 32.1 Å². The first-order chi connectivity index (χ1) is 11.8. The van der Waals surface area contributed by atoms with Crippen molar-refractivity contribution in [2.24, 2.45) is 16.9 Å². The summed E-state index contributed by atoms with van der Waals surface area (Å²) in [5.41, 5.74) is 1.92. The van der Waals surface area contributed by atoms with Gasteiger partial charge in [-0.05, 0) is 30.4 Å². The Labute approximate surface area is 146 Å². The van der Waals surface area contributed by atoms with Gasteiger partial charge in [0, 0.05) is 12.3 Å². The number of hydrazone groups is 1. The highest BCUT2D eigenvalue weighted by Crippen LogP contribution is 2.28. The van der Waals surface area contributed by atoms with Crippen LogP contribution in [0.1, 0.15) is 40.0 Å². The fraction of sp³-hybridized carbons (Fsp3) is 0.471. The molecule has 0 unspecified atom stereocenters. The fourth-order valence-electron chi connectivity index (χ4n) is 2.21. The van der Waals surface area contributed by atoms with Gasteiger partial charge in [-0.1, -0.05) is 39.7 Å². The molecule has 136 valence electrons. The first-order valence-corrected chi connectivity index (χ1v) is 8.20. The van der Waals surface area contributed by atoms with E-state index in [1.807, 2.05) is 6.08 Å². The van der Waals surface area contributed by atoms with Crippen molar-refractivity contribution in [1.82, 2.24) is 0 Å². The molecule has 1 atom stereocenters. The minimum atomic E-state index is -0.683. The average Bonchev–Trinajstić information content (AvgIpc) is 2.53. The molecule has 0 heterocycles. The Balaban J connectivity index is 2.59. The molecule has 8 heteroatoms. The lowest BCUT2D eigenvalue weighted by atomic mass is 9.99. The highest BCUT2D eigenvalue weighted by Gasteiger charge is 2.18. The second-order valence-electron chi connectivity index (χ2n) is 6.29. The third kappa shape index (κ3) is 7.56. The number of nitrogens with zero attached hydrogens (tertiary/aromatic N) is 3. The van der Waals surface area contributed by atoms with E-state index in [0.717, 1.165) is 12.5 Å². The summed E-state index contributed by atoms with van der Waals surface area (Å²) >= 11 is 0. The minimum Gasteiger partial charge on any atom is -0.272 e. The number of hydrogen-bond acceptors (Lipinski definition) is 6. The maximum absolute atomic E-state index is 11.0. The van der Waals surface area contributed by atoms with Crippen LogP contribution in [0.25, 0.3) is 0 Å². The Kier molecular flexibility index (Phi) is 8.25. The molecule has 0 fully saturated rings. The van der Waals surface area contributed by atoms with Gasteiger partial charge in [-0.2, -0.15) is 5.10 Å². The van der Waals surface area contributed by atoms with Crippen LogP contribution in [0.4, 0.5) is 17.1 Å². The predicted octanol–water partition coefficient (Wildman–Crippen LogP) is 4.92. The molecule has 0 aliphatic heterocycles. The molecule has 0 aromatic heterocycles. The molecule has 0 saturated heterocycles. The van der Waals surface area contributed by atoms with Crippen LogP contribution < -0.4 is 5.43 Å². The van der Waals surface area contributed by atoms with Gasteiger partial charge >= 0.3 is 5.69 Å². The lowest BCUT2D eigenvalue weighted by Gasteiger charge is -2.07. The summed E-state index contributed by atoms with van der Waals surface area (Å²) in [4.78, 5) is 20.3. The Morgan fingerprint density at radius 3 is 2.48 bits per heavy atom. The molecule has 0 aliphatic rings. The number of nitro groups is 2. The van der Waals surface area contributed by atoms with Gasteiger partial charge in [0.1, 0.15) is 5.69 Å². The van der Waals surface area contributed by atoms with Gasteiger partial charge in [0.05, 0.1) is 15.9 Å². The number of non-ortho nitro benzene ring substituents is 1. The fourth-order valence-corrected chi connectivity index (χ4v) is 2.21. The third-order valence-corrected chi connectivity index (χ3v) is 3.62. The van der Waals surface area contributed by atoms with Crippen molar-refractivity contribution in [3.05, 3.63) is 50.6 Å². The topological polar surface area (TPSA) is 111 Å². The number of nitro benzene ring substituents is 2. The quantitative estimate of drug-likeness (QED) is 0.366. The van der Waals surface area contributed by atoms with Crippen molar-refractivity contribution in [1.29, 1.82) is 0 Å². The molecule has 1 N–H and O–H groups in total. The third-order valence-electron chi connectivity index (χ3n) is 3.62. The molecule has 8 nitrogen and oxygen atoms in total. The summed E-state index contributed by atoms with van der Waals surface area (Å²) < 4.78 is 0. The zero-order chi connectivity index (χ0) is 18.8. The number of anilines is 1.